The van der Waals surface area contributed by atoms with Gasteiger partial charge >= 0.3 is 5.69 Å². The largest absolute Gasteiger partial charge is 0.356 e. The molecule has 7 heteroatoms. The van der Waals surface area contributed by atoms with Gasteiger partial charge in [-0.1, -0.05) is 31.2 Å². The van der Waals surface area contributed by atoms with E-state index in [9.17, 15) is 4.79 Å². The first-order chi connectivity index (χ1) is 13.2. The van der Waals surface area contributed by atoms with Crippen LogP contribution in [-0.2, 0) is 32.5 Å². The number of nitrogens with zero attached hydrogens (tertiary/aromatic N) is 4. The summed E-state index contributed by atoms with van der Waals surface area (Å²) in [6.07, 6.45) is 4.95. The average molecular weight is 371 g/mol. The number of nitrogens with one attached hydrogen (secondary N) is 2. The second-order valence-electron chi connectivity index (χ2n) is 6.86. The number of aliphatic imine (C=N–C) groups is 1. The molecule has 0 fully saturated rings. The van der Waals surface area contributed by atoms with Crippen LogP contribution in [-0.4, -0.2) is 33.9 Å². The highest BCUT2D eigenvalue weighted by molar-refractivity contribution is 5.79. The lowest BCUT2D eigenvalue weighted by Crippen LogP contribution is -2.38. The molecule has 0 amide bonds. The van der Waals surface area contributed by atoms with Crippen molar-refractivity contribution in [1.82, 2.24) is 25.0 Å². The quantitative estimate of drug-likeness (QED) is 0.442. The summed E-state index contributed by atoms with van der Waals surface area (Å²) in [4.78, 5) is 16.6. The lowest BCUT2D eigenvalue weighted by molar-refractivity contribution is 0.509. The Morgan fingerprint density at radius 2 is 2.04 bits per heavy atom. The number of aryl methyl sites for hydroxylation is 3. The third-order valence-electron chi connectivity index (χ3n) is 5.04. The van der Waals surface area contributed by atoms with Gasteiger partial charge in [-0.3, -0.25) is 9.56 Å². The second kappa shape index (κ2) is 9.39. The number of aromatic nitrogens is 3. The summed E-state index contributed by atoms with van der Waals surface area (Å²) in [5, 5.41) is 11.2. The number of hydrogen-bond acceptors (Lipinski definition) is 3. The van der Waals surface area contributed by atoms with E-state index in [4.69, 9.17) is 0 Å². The van der Waals surface area contributed by atoms with Crippen LogP contribution >= 0.6 is 0 Å². The minimum atomic E-state index is 0.0309. The van der Waals surface area contributed by atoms with Gasteiger partial charge in [-0.05, 0) is 36.8 Å². The fraction of sp³-hybridized carbons (Fsp3) is 0.550. The Kier molecular flexibility index (Phi) is 6.68. The third-order valence-corrected chi connectivity index (χ3v) is 5.04. The van der Waals surface area contributed by atoms with E-state index in [1.54, 1.807) is 11.7 Å². The molecule has 0 bridgehead atoms. The third kappa shape index (κ3) is 4.78. The maximum atomic E-state index is 12.3. The molecule has 7 nitrogen and oxygen atoms in total. The Morgan fingerprint density at radius 3 is 2.78 bits per heavy atom. The molecule has 3 rings (SSSR count). The van der Waals surface area contributed by atoms with Gasteiger partial charge in [0.1, 0.15) is 5.82 Å². The van der Waals surface area contributed by atoms with Crippen LogP contribution in [0.5, 0.6) is 0 Å². The summed E-state index contributed by atoms with van der Waals surface area (Å²) < 4.78 is 3.43. The fourth-order valence-electron chi connectivity index (χ4n) is 3.50. The lowest BCUT2D eigenvalue weighted by Gasteiger charge is -2.13. The Labute approximate surface area is 160 Å². The van der Waals surface area contributed by atoms with Gasteiger partial charge < -0.3 is 10.6 Å². The van der Waals surface area contributed by atoms with Crippen LogP contribution in [0.3, 0.4) is 0 Å². The standard InChI is InChI=1S/C20H30N6O/c1-3-16-9-4-5-10-17(16)15-23-19(21-2)22-12-8-14-26-20(27)25-13-7-6-11-18(25)24-26/h4-5,9-10H,3,6-8,11-15H2,1-2H3,(H2,21,22,23). The molecule has 0 atom stereocenters. The molecule has 0 radical (unpaired) electrons. The van der Waals surface area contributed by atoms with Gasteiger partial charge in [-0.2, -0.15) is 5.10 Å². The van der Waals surface area contributed by atoms with Crippen LogP contribution in [0, 0.1) is 0 Å². The summed E-state index contributed by atoms with van der Waals surface area (Å²) in [5.74, 6) is 1.71. The predicted molar refractivity (Wildman–Crippen MR) is 108 cm³/mol. The molecule has 1 aliphatic rings. The molecule has 0 aliphatic carbocycles. The van der Waals surface area contributed by atoms with E-state index >= 15 is 0 Å². The highest BCUT2D eigenvalue weighted by atomic mass is 16.2. The monoisotopic (exact) mass is 370 g/mol. The first-order valence-corrected chi connectivity index (χ1v) is 9.90. The lowest BCUT2D eigenvalue weighted by atomic mass is 10.1. The molecule has 27 heavy (non-hydrogen) atoms. The molecular weight excluding hydrogens is 340 g/mol. The molecule has 2 aromatic rings. The first-order valence-electron chi connectivity index (χ1n) is 9.90. The van der Waals surface area contributed by atoms with Gasteiger partial charge in [0.15, 0.2) is 5.96 Å². The summed E-state index contributed by atoms with van der Waals surface area (Å²) in [5.41, 5.74) is 2.67. The van der Waals surface area contributed by atoms with Crippen LogP contribution in [0.4, 0.5) is 0 Å². The van der Waals surface area contributed by atoms with Crippen molar-refractivity contribution in [1.29, 1.82) is 0 Å². The van der Waals surface area contributed by atoms with Crippen LogP contribution in [0.2, 0.25) is 0 Å². The van der Waals surface area contributed by atoms with Crippen molar-refractivity contribution in [2.24, 2.45) is 4.99 Å². The summed E-state index contributed by atoms with van der Waals surface area (Å²) in [6.45, 7) is 5.09. The number of fused-ring (bicyclic) bond motifs is 1. The van der Waals surface area contributed by atoms with Gasteiger partial charge in [0.05, 0.1) is 0 Å². The highest BCUT2D eigenvalue weighted by Gasteiger charge is 2.16. The average Bonchev–Trinajstić information content (AvgIpc) is 3.03. The van der Waals surface area contributed by atoms with Gasteiger partial charge in [-0.15, -0.1) is 0 Å². The van der Waals surface area contributed by atoms with E-state index in [-0.39, 0.29) is 5.69 Å². The van der Waals surface area contributed by atoms with E-state index in [1.807, 2.05) is 4.57 Å². The van der Waals surface area contributed by atoms with E-state index < -0.39 is 0 Å². The molecule has 0 unspecified atom stereocenters. The second-order valence-corrected chi connectivity index (χ2v) is 6.86. The van der Waals surface area contributed by atoms with Crippen molar-refractivity contribution in [3.05, 3.63) is 51.7 Å². The summed E-state index contributed by atoms with van der Waals surface area (Å²) in [7, 11) is 1.77. The number of benzene rings is 1. The van der Waals surface area contributed by atoms with Gasteiger partial charge in [-0.25, -0.2) is 9.48 Å². The summed E-state index contributed by atoms with van der Waals surface area (Å²) >= 11 is 0. The topological polar surface area (TPSA) is 76.2 Å². The molecular formula is C20H30N6O. The highest BCUT2D eigenvalue weighted by Crippen LogP contribution is 2.10. The Hall–Kier alpha value is -2.57. The number of guanidine groups is 1. The molecule has 1 aliphatic heterocycles. The number of hydrogen-bond donors (Lipinski definition) is 2. The SMILES string of the molecule is CCc1ccccc1CNC(=NC)NCCCn1nc2n(c1=O)CCCC2. The van der Waals surface area contributed by atoms with Crippen molar-refractivity contribution in [3.8, 4) is 0 Å². The Bertz CT molecular complexity index is 835. The van der Waals surface area contributed by atoms with Crippen LogP contribution in [0.25, 0.3) is 0 Å². The molecule has 0 saturated heterocycles. The van der Waals surface area contributed by atoms with E-state index in [0.29, 0.717) is 6.54 Å². The zero-order valence-corrected chi connectivity index (χ0v) is 16.4. The van der Waals surface area contributed by atoms with Gasteiger partial charge in [0.2, 0.25) is 0 Å². The zero-order chi connectivity index (χ0) is 19.1. The number of rotatable bonds is 7. The van der Waals surface area contributed by atoms with E-state index in [1.165, 1.54) is 11.1 Å². The predicted octanol–water partition coefficient (Wildman–Crippen LogP) is 1.70. The zero-order valence-electron chi connectivity index (χ0n) is 16.4. The van der Waals surface area contributed by atoms with Crippen LogP contribution < -0.4 is 16.3 Å². The summed E-state index contributed by atoms with van der Waals surface area (Å²) in [6, 6.07) is 8.45. The van der Waals surface area contributed by atoms with Gasteiger partial charge in [0.25, 0.3) is 0 Å². The van der Waals surface area contributed by atoms with E-state index in [2.05, 4.69) is 51.9 Å². The molecule has 146 valence electrons. The minimum Gasteiger partial charge on any atom is -0.356 e. The maximum absolute atomic E-state index is 12.3. The van der Waals surface area contributed by atoms with Crippen molar-refractivity contribution in [3.63, 3.8) is 0 Å². The minimum absolute atomic E-state index is 0.0309. The smallest absolute Gasteiger partial charge is 0.345 e. The van der Waals surface area contributed by atoms with Crippen LogP contribution in [0.15, 0.2) is 34.1 Å². The fourth-order valence-corrected chi connectivity index (χ4v) is 3.50. The molecule has 2 N–H and O–H groups in total. The molecule has 0 saturated carbocycles. The van der Waals surface area contributed by atoms with E-state index in [0.717, 1.165) is 63.5 Å². The molecule has 2 heterocycles. The molecule has 1 aromatic carbocycles. The Balaban J connectivity index is 1.45. The molecule has 0 spiro atoms. The van der Waals surface area contributed by atoms with Crippen molar-refractivity contribution < 1.29 is 0 Å². The maximum Gasteiger partial charge on any atom is 0.345 e. The van der Waals surface area contributed by atoms with Crippen LogP contribution in [0.1, 0.15) is 43.1 Å². The normalized spacial score (nSPS) is 14.1. The van der Waals surface area contributed by atoms with Crippen molar-refractivity contribution in [2.45, 2.75) is 58.7 Å². The van der Waals surface area contributed by atoms with Crippen molar-refractivity contribution >= 4 is 5.96 Å². The Morgan fingerprint density at radius 1 is 1.22 bits per heavy atom. The van der Waals surface area contributed by atoms with Crippen molar-refractivity contribution in [2.75, 3.05) is 13.6 Å². The molecule has 1 aromatic heterocycles. The first kappa shape index (κ1) is 19.2. The van der Waals surface area contributed by atoms with Gasteiger partial charge in [0, 0.05) is 39.6 Å².